The molecule has 1 aliphatic rings. The predicted octanol–water partition coefficient (Wildman–Crippen LogP) is -0.534. The van der Waals surface area contributed by atoms with Crippen molar-refractivity contribution in [2.45, 2.75) is 50.5 Å². The van der Waals surface area contributed by atoms with Gasteiger partial charge in [-0.1, -0.05) is 18.6 Å². The number of ether oxygens (including phenoxy) is 1. The van der Waals surface area contributed by atoms with Crippen LogP contribution in [-0.4, -0.2) is 72.0 Å². The molecule has 0 aromatic carbocycles. The van der Waals surface area contributed by atoms with Crippen LogP contribution in [0.25, 0.3) is 6.08 Å². The highest BCUT2D eigenvalue weighted by Gasteiger charge is 2.43. The van der Waals surface area contributed by atoms with E-state index in [9.17, 15) is 38.2 Å². The van der Waals surface area contributed by atoms with Gasteiger partial charge in [0.25, 0.3) is 0 Å². The van der Waals surface area contributed by atoms with Crippen LogP contribution in [0.5, 0.6) is 0 Å². The largest absolute Gasteiger partial charge is 0.490 e. The summed E-state index contributed by atoms with van der Waals surface area (Å²) in [6, 6.07) is 0. The van der Waals surface area contributed by atoms with Crippen LogP contribution in [0.1, 0.15) is 43.9 Å². The van der Waals surface area contributed by atoms with Crippen molar-refractivity contribution < 1.29 is 61.1 Å². The monoisotopic (exact) mass is 635 g/mol. The Morgan fingerprint density at radius 1 is 1.18 bits per heavy atom. The number of nitrogens with zero attached hydrogens (tertiary/aromatic N) is 2. The summed E-state index contributed by atoms with van der Waals surface area (Å²) < 4.78 is 52.2. The zero-order chi connectivity index (χ0) is 30.1. The minimum absolute atomic E-state index is 0.117. The molecule has 2 heterocycles. The lowest BCUT2D eigenvalue weighted by atomic mass is 10.2. The number of nitrogens with two attached hydrogens (primary N) is 2. The number of carbonyl (C=O) groups excluding carboxylic acids is 1. The Bertz CT molecular complexity index is 1250. The number of anilines is 1. The lowest BCUT2D eigenvalue weighted by Gasteiger charge is -2.19. The number of phosphoric acid groups is 3. The second-order valence-corrected chi connectivity index (χ2v) is 12.8. The molecule has 1 amide bonds. The molecular weight excluding hydrogens is 603 g/mol. The van der Waals surface area contributed by atoms with E-state index in [1.54, 1.807) is 6.08 Å². The molecule has 1 saturated heterocycles. The molecule has 0 radical (unpaired) electrons. The smallest absolute Gasteiger partial charge is 0.390 e. The van der Waals surface area contributed by atoms with Crippen LogP contribution < -0.4 is 22.5 Å². The maximum atomic E-state index is 12.4. The lowest BCUT2D eigenvalue weighted by molar-refractivity contribution is -0.121. The summed E-state index contributed by atoms with van der Waals surface area (Å²) in [5.74, 6) is -0.262. The molecule has 1 aromatic rings. The third-order valence-electron chi connectivity index (χ3n) is 5.17. The van der Waals surface area contributed by atoms with Crippen molar-refractivity contribution in [1.82, 2.24) is 14.9 Å². The molecule has 10 N–H and O–H groups in total. The fourth-order valence-electron chi connectivity index (χ4n) is 3.39. The van der Waals surface area contributed by atoms with Crippen molar-refractivity contribution in [3.8, 4) is 0 Å². The van der Waals surface area contributed by atoms with Gasteiger partial charge in [-0.2, -0.15) is 13.6 Å². The SMILES string of the molecule is NCCCCCC(=O)NC/C=C/c1cn([C@H]2C[C@@H](O)[C@@H](COP(=O)(O)OP(=O)(O)OP(=O)(O)O)O2)c(=O)nc1N. The van der Waals surface area contributed by atoms with E-state index >= 15 is 0 Å². The Morgan fingerprint density at radius 3 is 2.52 bits per heavy atom. The van der Waals surface area contributed by atoms with Crippen LogP contribution >= 0.6 is 23.5 Å². The number of phosphoric ester groups is 1. The van der Waals surface area contributed by atoms with Gasteiger partial charge in [0.05, 0.1) is 12.7 Å². The van der Waals surface area contributed by atoms with Crippen LogP contribution in [0.4, 0.5) is 5.82 Å². The van der Waals surface area contributed by atoms with Gasteiger partial charge in [-0.25, -0.2) is 18.5 Å². The van der Waals surface area contributed by atoms with Crippen LogP contribution in [0.3, 0.4) is 0 Å². The standard InChI is InChI=1S/C18H32N5O14P3/c19-7-3-1-2-6-15(25)21-8-4-5-12-10-23(18(26)22-17(12)20)16-9-13(24)14(35-16)11-34-39(30,31)37-40(32,33)36-38(27,28)29/h4-5,10,13-14,16,24H,1-3,6-9,11,19H2,(H,21,25)(H,30,31)(H,32,33)(H2,20,22,26)(H2,27,28,29)/b5-4+/t13-,14-,16-/m1/s1. The van der Waals surface area contributed by atoms with Gasteiger partial charge in [-0.15, -0.1) is 0 Å². The van der Waals surface area contributed by atoms with E-state index < -0.39 is 54.2 Å². The minimum Gasteiger partial charge on any atom is -0.390 e. The fourth-order valence-corrected chi connectivity index (χ4v) is 6.42. The molecule has 2 unspecified atom stereocenters. The normalized spacial score (nSPS) is 22.7. The lowest BCUT2D eigenvalue weighted by Crippen LogP contribution is -2.29. The summed E-state index contributed by atoms with van der Waals surface area (Å²) in [4.78, 5) is 63.8. The molecule has 2 rings (SSSR count). The van der Waals surface area contributed by atoms with Gasteiger partial charge in [0.1, 0.15) is 18.1 Å². The summed E-state index contributed by atoms with van der Waals surface area (Å²) in [5.41, 5.74) is 10.7. The summed E-state index contributed by atoms with van der Waals surface area (Å²) in [5, 5.41) is 13.0. The first-order valence-corrected chi connectivity index (χ1v) is 16.2. The molecule has 1 aliphatic heterocycles. The highest BCUT2D eigenvalue weighted by Crippen LogP contribution is 2.66. The van der Waals surface area contributed by atoms with Crippen molar-refractivity contribution in [3.05, 3.63) is 28.3 Å². The van der Waals surface area contributed by atoms with Crippen molar-refractivity contribution in [2.24, 2.45) is 5.73 Å². The average molecular weight is 635 g/mol. The number of hydrogen-bond donors (Lipinski definition) is 8. The number of unbranched alkanes of at least 4 members (excludes halogenated alkanes) is 2. The van der Waals surface area contributed by atoms with Gasteiger partial charge in [0.2, 0.25) is 5.91 Å². The third kappa shape index (κ3) is 12.0. The molecule has 40 heavy (non-hydrogen) atoms. The second kappa shape index (κ2) is 14.9. The van der Waals surface area contributed by atoms with E-state index in [-0.39, 0.29) is 30.3 Å². The third-order valence-corrected chi connectivity index (χ3v) is 8.97. The van der Waals surface area contributed by atoms with E-state index in [2.05, 4.69) is 23.4 Å². The average Bonchev–Trinajstić information content (AvgIpc) is 3.17. The van der Waals surface area contributed by atoms with E-state index in [0.717, 1.165) is 17.4 Å². The highest BCUT2D eigenvalue weighted by atomic mass is 31.3. The zero-order valence-electron chi connectivity index (χ0n) is 20.9. The Kier molecular flexibility index (Phi) is 12.8. The number of hydrogen-bond acceptors (Lipinski definition) is 13. The Balaban J connectivity index is 1.98. The molecule has 5 atom stereocenters. The van der Waals surface area contributed by atoms with Gasteiger partial charge in [0, 0.05) is 31.1 Å². The van der Waals surface area contributed by atoms with E-state index in [4.69, 9.17) is 26.0 Å². The fraction of sp³-hybridized carbons (Fsp3) is 0.611. The molecule has 228 valence electrons. The number of rotatable bonds is 16. The maximum Gasteiger partial charge on any atom is 0.490 e. The van der Waals surface area contributed by atoms with Crippen molar-refractivity contribution in [3.63, 3.8) is 0 Å². The number of aromatic nitrogens is 2. The second-order valence-electron chi connectivity index (χ2n) is 8.40. The van der Waals surface area contributed by atoms with Crippen LogP contribution in [0.15, 0.2) is 17.1 Å². The molecular formula is C18H32N5O14P3. The Morgan fingerprint density at radius 2 is 1.88 bits per heavy atom. The molecule has 19 nitrogen and oxygen atoms in total. The van der Waals surface area contributed by atoms with E-state index in [1.807, 2.05) is 0 Å². The molecule has 22 heteroatoms. The quantitative estimate of drug-likeness (QED) is 0.0835. The van der Waals surface area contributed by atoms with Gasteiger partial charge in [0.15, 0.2) is 0 Å². The molecule has 0 spiro atoms. The molecule has 0 bridgehead atoms. The van der Waals surface area contributed by atoms with Crippen molar-refractivity contribution in [1.29, 1.82) is 0 Å². The maximum absolute atomic E-state index is 12.4. The van der Waals surface area contributed by atoms with Crippen LogP contribution in [0.2, 0.25) is 0 Å². The Labute approximate surface area is 227 Å². The van der Waals surface area contributed by atoms with E-state index in [1.165, 1.54) is 12.3 Å². The highest BCUT2D eigenvalue weighted by molar-refractivity contribution is 7.66. The van der Waals surface area contributed by atoms with Crippen LogP contribution in [-0.2, 0) is 36.4 Å². The summed E-state index contributed by atoms with van der Waals surface area (Å²) in [7, 11) is -16.7. The number of aliphatic hydroxyl groups is 1. The summed E-state index contributed by atoms with van der Waals surface area (Å²) in [6.45, 7) is -0.164. The van der Waals surface area contributed by atoms with Crippen molar-refractivity contribution >= 4 is 41.3 Å². The zero-order valence-corrected chi connectivity index (χ0v) is 23.6. The number of nitrogens with one attached hydrogen (secondary N) is 1. The first kappa shape index (κ1) is 34.4. The molecule has 0 aliphatic carbocycles. The van der Waals surface area contributed by atoms with Crippen molar-refractivity contribution in [2.75, 3.05) is 25.4 Å². The van der Waals surface area contributed by atoms with Gasteiger partial charge in [-0.05, 0) is 19.4 Å². The number of amides is 1. The van der Waals surface area contributed by atoms with Gasteiger partial charge in [-0.3, -0.25) is 13.9 Å². The number of carbonyl (C=O) groups is 1. The number of aliphatic hydroxyl groups excluding tert-OH is 1. The van der Waals surface area contributed by atoms with Gasteiger partial charge >= 0.3 is 29.2 Å². The Hall–Kier alpha value is -1.82. The topological polar surface area (TPSA) is 305 Å². The minimum atomic E-state index is -5.72. The van der Waals surface area contributed by atoms with Crippen LogP contribution in [0, 0.1) is 0 Å². The van der Waals surface area contributed by atoms with Gasteiger partial charge < -0.3 is 46.2 Å². The predicted molar refractivity (Wildman–Crippen MR) is 137 cm³/mol. The molecule has 1 fully saturated rings. The summed E-state index contributed by atoms with van der Waals surface area (Å²) >= 11 is 0. The summed E-state index contributed by atoms with van der Waals surface area (Å²) in [6.07, 6.45) is 3.07. The molecule has 1 aromatic heterocycles. The molecule has 0 saturated carbocycles. The first-order valence-electron chi connectivity index (χ1n) is 11.7. The van der Waals surface area contributed by atoms with E-state index in [0.29, 0.717) is 19.4 Å². The number of nitrogen functional groups attached to an aromatic ring is 1. The first-order chi connectivity index (χ1) is 18.5.